The quantitative estimate of drug-likeness (QED) is 0.645. The highest BCUT2D eigenvalue weighted by Crippen LogP contribution is 2.28. The van der Waals surface area contributed by atoms with Crippen molar-refractivity contribution in [2.45, 2.75) is 64.1 Å². The highest BCUT2D eigenvalue weighted by atomic mass is 16.6. The third kappa shape index (κ3) is 7.38. The van der Waals surface area contributed by atoms with Crippen molar-refractivity contribution in [3.8, 4) is 0 Å². The van der Waals surface area contributed by atoms with Crippen LogP contribution in [0.15, 0.2) is 0 Å². The minimum absolute atomic E-state index is 0.373. The molecule has 112 valence electrons. The first-order valence-electron chi connectivity index (χ1n) is 7.21. The molecule has 0 unspecified atom stereocenters. The van der Waals surface area contributed by atoms with Gasteiger partial charge in [-0.1, -0.05) is 12.8 Å². The summed E-state index contributed by atoms with van der Waals surface area (Å²) in [6.45, 7) is 7.56. The first kappa shape index (κ1) is 16.2. The van der Waals surface area contributed by atoms with Crippen LogP contribution in [-0.2, 0) is 4.74 Å². The zero-order chi connectivity index (χ0) is 14.4. The van der Waals surface area contributed by atoms with Gasteiger partial charge in [-0.05, 0) is 46.6 Å². The summed E-state index contributed by atoms with van der Waals surface area (Å²) in [5, 5.41) is 16.1. The number of nitrogens with one attached hydrogen (secondary N) is 2. The van der Waals surface area contributed by atoms with E-state index >= 15 is 0 Å². The maximum atomic E-state index is 11.4. The van der Waals surface area contributed by atoms with Crippen molar-refractivity contribution >= 4 is 6.09 Å². The second-order valence-corrected chi connectivity index (χ2v) is 6.39. The Hall–Kier alpha value is -0.810. The number of ether oxygens (including phenoxy) is 1. The predicted molar refractivity (Wildman–Crippen MR) is 75.1 cm³/mol. The summed E-state index contributed by atoms with van der Waals surface area (Å²) in [5.74, 6) is 0. The van der Waals surface area contributed by atoms with Gasteiger partial charge < -0.3 is 20.5 Å². The largest absolute Gasteiger partial charge is 0.444 e. The van der Waals surface area contributed by atoms with E-state index in [2.05, 4.69) is 10.6 Å². The number of hydrogen-bond acceptors (Lipinski definition) is 4. The van der Waals surface area contributed by atoms with Gasteiger partial charge >= 0.3 is 6.09 Å². The molecule has 1 aliphatic rings. The molecule has 0 aromatic heterocycles. The first-order chi connectivity index (χ1) is 8.81. The second-order valence-electron chi connectivity index (χ2n) is 6.39. The fourth-order valence-corrected chi connectivity index (χ4v) is 2.25. The summed E-state index contributed by atoms with van der Waals surface area (Å²) in [5.41, 5.74) is -0.952. The Bertz CT molecular complexity index is 281. The van der Waals surface area contributed by atoms with Gasteiger partial charge in [0, 0.05) is 13.1 Å². The molecular weight excluding hydrogens is 244 g/mol. The Morgan fingerprint density at radius 1 is 1.26 bits per heavy atom. The number of carbonyl (C=O) groups is 1. The molecule has 0 aliphatic heterocycles. The molecule has 1 fully saturated rings. The molecular formula is C14H28N2O3. The molecule has 1 rings (SSSR count). The molecule has 0 bridgehead atoms. The average Bonchev–Trinajstić information content (AvgIpc) is 2.68. The molecule has 1 aliphatic carbocycles. The molecule has 5 heteroatoms. The summed E-state index contributed by atoms with van der Waals surface area (Å²) < 4.78 is 5.13. The smallest absolute Gasteiger partial charge is 0.407 e. The molecule has 0 aromatic carbocycles. The van der Waals surface area contributed by atoms with Crippen LogP contribution in [0, 0.1) is 0 Å². The van der Waals surface area contributed by atoms with Gasteiger partial charge in [0.2, 0.25) is 0 Å². The van der Waals surface area contributed by atoms with Crippen molar-refractivity contribution in [1.29, 1.82) is 0 Å². The van der Waals surface area contributed by atoms with Crippen molar-refractivity contribution in [1.82, 2.24) is 10.6 Å². The van der Waals surface area contributed by atoms with Crippen molar-refractivity contribution in [2.24, 2.45) is 0 Å². The summed E-state index contributed by atoms with van der Waals surface area (Å²) in [4.78, 5) is 11.4. The predicted octanol–water partition coefficient (Wildman–Crippen LogP) is 1.80. The molecule has 1 saturated carbocycles. The van der Waals surface area contributed by atoms with E-state index in [1.54, 1.807) is 0 Å². The van der Waals surface area contributed by atoms with Crippen LogP contribution in [0.25, 0.3) is 0 Å². The zero-order valence-corrected chi connectivity index (χ0v) is 12.4. The van der Waals surface area contributed by atoms with Gasteiger partial charge in [0.05, 0.1) is 5.60 Å². The third-order valence-corrected chi connectivity index (χ3v) is 3.19. The Labute approximate surface area is 116 Å². The summed E-state index contributed by atoms with van der Waals surface area (Å²) in [6.07, 6.45) is 4.50. The number of rotatable bonds is 6. The van der Waals surface area contributed by atoms with Gasteiger partial charge in [0.25, 0.3) is 0 Å². The van der Waals surface area contributed by atoms with E-state index in [1.807, 2.05) is 20.8 Å². The molecule has 5 nitrogen and oxygen atoms in total. The van der Waals surface area contributed by atoms with Gasteiger partial charge in [0.15, 0.2) is 0 Å². The molecule has 0 spiro atoms. The Balaban J connectivity index is 1.98. The lowest BCUT2D eigenvalue weighted by Crippen LogP contribution is -2.39. The van der Waals surface area contributed by atoms with E-state index in [-0.39, 0.29) is 6.09 Å². The Morgan fingerprint density at radius 2 is 1.89 bits per heavy atom. The van der Waals surface area contributed by atoms with E-state index in [0.29, 0.717) is 13.1 Å². The molecule has 1 amide bonds. The van der Waals surface area contributed by atoms with E-state index in [1.165, 1.54) is 0 Å². The monoisotopic (exact) mass is 272 g/mol. The lowest BCUT2D eigenvalue weighted by molar-refractivity contribution is 0.0470. The maximum absolute atomic E-state index is 11.4. The van der Waals surface area contributed by atoms with Crippen LogP contribution in [0.5, 0.6) is 0 Å². The second kappa shape index (κ2) is 7.10. The molecule has 0 saturated heterocycles. The fraction of sp³-hybridized carbons (Fsp3) is 0.929. The summed E-state index contributed by atoms with van der Waals surface area (Å²) in [6, 6.07) is 0. The minimum atomic E-state index is -0.501. The first-order valence-corrected chi connectivity index (χ1v) is 7.21. The van der Waals surface area contributed by atoms with Crippen LogP contribution in [0.1, 0.15) is 52.9 Å². The number of aliphatic hydroxyl groups is 1. The summed E-state index contributed by atoms with van der Waals surface area (Å²) >= 11 is 0. The molecule has 0 radical (unpaired) electrons. The zero-order valence-electron chi connectivity index (χ0n) is 12.4. The van der Waals surface area contributed by atoms with Crippen molar-refractivity contribution < 1.29 is 14.6 Å². The number of carbonyl (C=O) groups excluding carboxylic acids is 1. The van der Waals surface area contributed by atoms with Crippen molar-refractivity contribution in [3.05, 3.63) is 0 Å². The molecule has 0 atom stereocenters. The number of hydrogen-bond donors (Lipinski definition) is 3. The topological polar surface area (TPSA) is 70.6 Å². The normalized spacial score (nSPS) is 18.3. The van der Waals surface area contributed by atoms with Gasteiger partial charge in [-0.2, -0.15) is 0 Å². The van der Waals surface area contributed by atoms with Crippen LogP contribution in [0.4, 0.5) is 4.79 Å². The Kier molecular flexibility index (Phi) is 6.07. The molecule has 0 aromatic rings. The number of alkyl carbamates (subject to hydrolysis) is 1. The van der Waals surface area contributed by atoms with Gasteiger partial charge in [-0.25, -0.2) is 4.79 Å². The molecule has 0 heterocycles. The average molecular weight is 272 g/mol. The van der Waals surface area contributed by atoms with Crippen LogP contribution in [0.2, 0.25) is 0 Å². The molecule has 3 N–H and O–H groups in total. The minimum Gasteiger partial charge on any atom is -0.444 e. The van der Waals surface area contributed by atoms with Crippen LogP contribution in [-0.4, -0.2) is 42.0 Å². The fourth-order valence-electron chi connectivity index (χ4n) is 2.25. The standard InChI is InChI=1S/C14H28N2O3/c1-13(2,3)19-12(17)16-10-6-9-15-11-14(18)7-4-5-8-14/h15,18H,4-11H2,1-3H3,(H,16,17). The van der Waals surface area contributed by atoms with E-state index in [9.17, 15) is 9.90 Å². The highest BCUT2D eigenvalue weighted by Gasteiger charge is 2.30. The SMILES string of the molecule is CC(C)(C)OC(=O)NCCCNCC1(O)CCCC1. The van der Waals surface area contributed by atoms with Crippen LogP contribution in [0.3, 0.4) is 0 Å². The van der Waals surface area contributed by atoms with Crippen molar-refractivity contribution in [3.63, 3.8) is 0 Å². The maximum Gasteiger partial charge on any atom is 0.407 e. The van der Waals surface area contributed by atoms with Crippen molar-refractivity contribution in [2.75, 3.05) is 19.6 Å². The Morgan fingerprint density at radius 3 is 2.47 bits per heavy atom. The van der Waals surface area contributed by atoms with E-state index in [0.717, 1.165) is 38.6 Å². The third-order valence-electron chi connectivity index (χ3n) is 3.19. The lowest BCUT2D eigenvalue weighted by atomic mass is 10.0. The van der Waals surface area contributed by atoms with Gasteiger partial charge in [-0.15, -0.1) is 0 Å². The highest BCUT2D eigenvalue weighted by molar-refractivity contribution is 5.67. The summed E-state index contributed by atoms with van der Waals surface area (Å²) in [7, 11) is 0. The van der Waals surface area contributed by atoms with Gasteiger partial charge in [0.1, 0.15) is 5.60 Å². The number of amides is 1. The van der Waals surface area contributed by atoms with Crippen LogP contribution >= 0.6 is 0 Å². The van der Waals surface area contributed by atoms with E-state index in [4.69, 9.17) is 4.74 Å². The van der Waals surface area contributed by atoms with Gasteiger partial charge in [-0.3, -0.25) is 0 Å². The molecule has 19 heavy (non-hydrogen) atoms. The lowest BCUT2D eigenvalue weighted by Gasteiger charge is -2.22. The van der Waals surface area contributed by atoms with Crippen LogP contribution < -0.4 is 10.6 Å². The van der Waals surface area contributed by atoms with E-state index < -0.39 is 11.2 Å².